The van der Waals surface area contributed by atoms with Gasteiger partial charge in [0.25, 0.3) is 0 Å². The van der Waals surface area contributed by atoms with Crippen molar-refractivity contribution in [2.45, 2.75) is 29.7 Å². The van der Waals surface area contributed by atoms with E-state index in [9.17, 15) is 4.39 Å². The van der Waals surface area contributed by atoms with Crippen LogP contribution >= 0.6 is 27.7 Å². The first-order valence-electron chi connectivity index (χ1n) is 6.57. The predicted molar refractivity (Wildman–Crippen MR) is 86.8 cm³/mol. The summed E-state index contributed by atoms with van der Waals surface area (Å²) in [5.74, 6) is -0.182. The van der Waals surface area contributed by atoms with E-state index < -0.39 is 0 Å². The third kappa shape index (κ3) is 3.84. The number of halogens is 2. The van der Waals surface area contributed by atoms with E-state index in [0.29, 0.717) is 10.9 Å². The van der Waals surface area contributed by atoms with Gasteiger partial charge in [-0.1, -0.05) is 52.8 Å². The van der Waals surface area contributed by atoms with E-state index in [0.717, 1.165) is 15.9 Å². The second kappa shape index (κ2) is 7.25. The highest BCUT2D eigenvalue weighted by molar-refractivity contribution is 9.10. The molecule has 2 aromatic rings. The lowest BCUT2D eigenvalue weighted by atomic mass is 10.1. The molecule has 1 N–H and O–H groups in total. The third-order valence-corrected chi connectivity index (χ3v) is 4.74. The molecular formula is C16H17BrFNS. The molecule has 0 radical (unpaired) electrons. The molecule has 106 valence electrons. The Bertz CT molecular complexity index is 588. The summed E-state index contributed by atoms with van der Waals surface area (Å²) in [6, 6.07) is 13.3. The van der Waals surface area contributed by atoms with Crippen LogP contribution in [0.2, 0.25) is 0 Å². The average Bonchev–Trinajstić information content (AvgIpc) is 2.42. The molecule has 0 amide bonds. The minimum absolute atomic E-state index is 0.182. The topological polar surface area (TPSA) is 12.0 Å². The molecule has 1 unspecified atom stereocenters. The summed E-state index contributed by atoms with van der Waals surface area (Å²) in [7, 11) is 0. The van der Waals surface area contributed by atoms with E-state index in [-0.39, 0.29) is 5.82 Å². The van der Waals surface area contributed by atoms with Gasteiger partial charge in [-0.3, -0.25) is 0 Å². The molecule has 0 spiro atoms. The third-order valence-electron chi connectivity index (χ3n) is 3.01. The van der Waals surface area contributed by atoms with Crippen LogP contribution in [0.1, 0.15) is 25.5 Å². The van der Waals surface area contributed by atoms with Gasteiger partial charge in [0.2, 0.25) is 0 Å². The molecule has 2 aromatic carbocycles. The van der Waals surface area contributed by atoms with Crippen molar-refractivity contribution in [2.75, 3.05) is 6.54 Å². The van der Waals surface area contributed by atoms with Gasteiger partial charge in [-0.2, -0.15) is 0 Å². The summed E-state index contributed by atoms with van der Waals surface area (Å²) in [6.07, 6.45) is 0. The summed E-state index contributed by atoms with van der Waals surface area (Å²) < 4.78 is 14.7. The maximum absolute atomic E-state index is 13.6. The molecule has 0 aliphatic heterocycles. The van der Waals surface area contributed by atoms with E-state index in [2.05, 4.69) is 41.2 Å². The van der Waals surface area contributed by atoms with Gasteiger partial charge >= 0.3 is 0 Å². The first-order valence-corrected chi connectivity index (χ1v) is 8.18. The lowest BCUT2D eigenvalue weighted by Crippen LogP contribution is -2.18. The van der Waals surface area contributed by atoms with Gasteiger partial charge in [-0.05, 0) is 43.3 Å². The van der Waals surface area contributed by atoms with Crippen LogP contribution in [0.5, 0.6) is 0 Å². The summed E-state index contributed by atoms with van der Waals surface area (Å²) in [5.41, 5.74) is 1.21. The van der Waals surface area contributed by atoms with Gasteiger partial charge < -0.3 is 5.32 Å². The van der Waals surface area contributed by atoms with Crippen LogP contribution in [-0.2, 0) is 0 Å². The number of rotatable bonds is 5. The summed E-state index contributed by atoms with van der Waals surface area (Å²) in [6.45, 7) is 5.15. The highest BCUT2D eigenvalue weighted by Gasteiger charge is 2.10. The molecule has 0 bridgehead atoms. The van der Waals surface area contributed by atoms with Crippen molar-refractivity contribution >= 4 is 27.7 Å². The average molecular weight is 354 g/mol. The van der Waals surface area contributed by atoms with Gasteiger partial charge in [0.15, 0.2) is 0 Å². The maximum Gasteiger partial charge on any atom is 0.137 e. The Balaban J connectivity index is 2.19. The molecule has 1 atom stereocenters. The summed E-state index contributed by atoms with van der Waals surface area (Å²) >= 11 is 5.04. The van der Waals surface area contributed by atoms with Crippen LogP contribution in [0.15, 0.2) is 56.7 Å². The monoisotopic (exact) mass is 353 g/mol. The molecule has 0 aromatic heterocycles. The Morgan fingerprint density at radius 3 is 2.65 bits per heavy atom. The van der Waals surface area contributed by atoms with Gasteiger partial charge in [0, 0.05) is 20.3 Å². The second-order valence-corrected chi connectivity index (χ2v) is 6.46. The fraction of sp³-hybridized carbons (Fsp3) is 0.250. The Kier molecular flexibility index (Phi) is 5.64. The molecule has 0 saturated heterocycles. The van der Waals surface area contributed by atoms with Crippen molar-refractivity contribution in [1.82, 2.24) is 5.32 Å². The SMILES string of the molecule is CCNC(C)c1ccc(Sc2ccccc2F)cc1Br. The first kappa shape index (κ1) is 15.5. The Labute approximate surface area is 132 Å². The van der Waals surface area contributed by atoms with Crippen LogP contribution in [0.4, 0.5) is 4.39 Å². The van der Waals surface area contributed by atoms with Gasteiger partial charge in [-0.15, -0.1) is 0 Å². The minimum Gasteiger partial charge on any atom is -0.310 e. The molecule has 0 fully saturated rings. The molecule has 20 heavy (non-hydrogen) atoms. The molecule has 2 rings (SSSR count). The summed E-state index contributed by atoms with van der Waals surface area (Å²) in [5, 5.41) is 3.38. The smallest absolute Gasteiger partial charge is 0.137 e. The van der Waals surface area contributed by atoms with Crippen LogP contribution in [0.3, 0.4) is 0 Å². The van der Waals surface area contributed by atoms with Crippen LogP contribution in [-0.4, -0.2) is 6.54 Å². The Morgan fingerprint density at radius 1 is 1.25 bits per heavy atom. The molecule has 0 heterocycles. The van der Waals surface area contributed by atoms with E-state index in [1.54, 1.807) is 12.1 Å². The van der Waals surface area contributed by atoms with Crippen molar-refractivity contribution in [3.8, 4) is 0 Å². The number of benzene rings is 2. The summed E-state index contributed by atoms with van der Waals surface area (Å²) in [4.78, 5) is 1.67. The zero-order valence-corrected chi connectivity index (χ0v) is 13.9. The van der Waals surface area contributed by atoms with Crippen LogP contribution in [0, 0.1) is 5.82 Å². The van der Waals surface area contributed by atoms with E-state index in [1.807, 2.05) is 18.2 Å². The number of hydrogen-bond acceptors (Lipinski definition) is 2. The second-order valence-electron chi connectivity index (χ2n) is 4.50. The fourth-order valence-electron chi connectivity index (χ4n) is 1.99. The predicted octanol–water partition coefficient (Wildman–Crippen LogP) is 5.41. The standard InChI is InChI=1S/C16H17BrFNS/c1-3-19-11(2)13-9-8-12(10-14(13)17)20-16-7-5-4-6-15(16)18/h4-11,19H,3H2,1-2H3. The molecular weight excluding hydrogens is 337 g/mol. The van der Waals surface area contributed by atoms with Crippen molar-refractivity contribution in [1.29, 1.82) is 0 Å². The minimum atomic E-state index is -0.182. The van der Waals surface area contributed by atoms with Crippen molar-refractivity contribution in [2.24, 2.45) is 0 Å². The van der Waals surface area contributed by atoms with Gasteiger partial charge in [0.1, 0.15) is 5.82 Å². The number of hydrogen-bond donors (Lipinski definition) is 1. The van der Waals surface area contributed by atoms with Gasteiger partial charge in [0.05, 0.1) is 0 Å². The van der Waals surface area contributed by atoms with Crippen molar-refractivity contribution in [3.63, 3.8) is 0 Å². The normalized spacial score (nSPS) is 12.4. The largest absolute Gasteiger partial charge is 0.310 e. The molecule has 0 saturated carbocycles. The van der Waals surface area contributed by atoms with Crippen molar-refractivity contribution in [3.05, 3.63) is 58.3 Å². The van der Waals surface area contributed by atoms with E-state index >= 15 is 0 Å². The Hall–Kier alpha value is -0.840. The zero-order valence-electron chi connectivity index (χ0n) is 11.5. The van der Waals surface area contributed by atoms with E-state index in [4.69, 9.17) is 0 Å². The molecule has 0 aliphatic carbocycles. The fourth-order valence-corrected chi connectivity index (χ4v) is 3.75. The number of nitrogens with one attached hydrogen (secondary N) is 1. The van der Waals surface area contributed by atoms with Crippen LogP contribution < -0.4 is 5.32 Å². The van der Waals surface area contributed by atoms with Gasteiger partial charge in [-0.25, -0.2) is 4.39 Å². The van der Waals surface area contributed by atoms with Crippen molar-refractivity contribution < 1.29 is 4.39 Å². The molecule has 1 nitrogen and oxygen atoms in total. The molecule has 4 heteroatoms. The molecule has 0 aliphatic rings. The highest BCUT2D eigenvalue weighted by atomic mass is 79.9. The Morgan fingerprint density at radius 2 is 2.00 bits per heavy atom. The van der Waals surface area contributed by atoms with E-state index in [1.165, 1.54) is 23.4 Å². The first-order chi connectivity index (χ1) is 9.61. The maximum atomic E-state index is 13.6. The lowest BCUT2D eigenvalue weighted by molar-refractivity contribution is 0.595. The quantitative estimate of drug-likeness (QED) is 0.771. The lowest BCUT2D eigenvalue weighted by Gasteiger charge is -2.15. The zero-order chi connectivity index (χ0) is 14.5. The highest BCUT2D eigenvalue weighted by Crippen LogP contribution is 2.33. The van der Waals surface area contributed by atoms with Crippen LogP contribution in [0.25, 0.3) is 0 Å².